The van der Waals surface area contributed by atoms with Gasteiger partial charge in [-0.2, -0.15) is 0 Å². The van der Waals surface area contributed by atoms with Crippen molar-refractivity contribution in [1.82, 2.24) is 0 Å². The lowest BCUT2D eigenvalue weighted by Gasteiger charge is -2.18. The van der Waals surface area contributed by atoms with Gasteiger partial charge < -0.3 is 5.32 Å². The summed E-state index contributed by atoms with van der Waals surface area (Å²) in [6.45, 7) is 4.44. The minimum atomic E-state index is 1.000. The molecule has 1 aliphatic rings. The van der Waals surface area contributed by atoms with Gasteiger partial charge in [0.05, 0.1) is 0 Å². The van der Waals surface area contributed by atoms with Gasteiger partial charge in [-0.25, -0.2) is 0 Å². The second-order valence-electron chi connectivity index (χ2n) is 7.21. The van der Waals surface area contributed by atoms with E-state index in [4.69, 9.17) is 0 Å². The first-order valence-corrected chi connectivity index (χ1v) is 9.18. The van der Waals surface area contributed by atoms with E-state index in [9.17, 15) is 0 Å². The molecule has 0 aromatic heterocycles. The Morgan fingerprint density at radius 2 is 1.54 bits per heavy atom. The third-order valence-corrected chi connectivity index (χ3v) is 5.68. The zero-order valence-electron chi connectivity index (χ0n) is 15.1. The van der Waals surface area contributed by atoms with Crippen LogP contribution in [0.2, 0.25) is 0 Å². The quantitative estimate of drug-likeness (QED) is 0.375. The average molecular weight is 335 g/mol. The molecule has 1 N–H and O–H groups in total. The van der Waals surface area contributed by atoms with Gasteiger partial charge in [0, 0.05) is 23.2 Å². The van der Waals surface area contributed by atoms with E-state index < -0.39 is 0 Å². The fourth-order valence-electron chi connectivity index (χ4n) is 4.16. The van der Waals surface area contributed by atoms with Crippen LogP contribution in [0.1, 0.15) is 22.3 Å². The van der Waals surface area contributed by atoms with Crippen LogP contribution in [0.25, 0.3) is 21.9 Å². The fourth-order valence-corrected chi connectivity index (χ4v) is 4.16. The molecule has 4 aromatic rings. The molecule has 0 fully saturated rings. The van der Waals surface area contributed by atoms with E-state index >= 15 is 0 Å². The van der Waals surface area contributed by atoms with Crippen LogP contribution in [0.5, 0.6) is 0 Å². The van der Waals surface area contributed by atoms with Crippen LogP contribution >= 0.6 is 0 Å². The first kappa shape index (κ1) is 15.2. The number of aryl methyl sites for hydroxylation is 1. The standard InChI is InChI=1S/C25H21N/c1-16-14-22-20-11-5-4-9-19(20)15-23(22)25(17(16)2)26-24-13-7-10-18-8-3-6-12-21(18)24/h3-14,26H,15H2,1-2H3. The highest BCUT2D eigenvalue weighted by Gasteiger charge is 2.23. The van der Waals surface area contributed by atoms with Crippen LogP contribution in [0.3, 0.4) is 0 Å². The summed E-state index contributed by atoms with van der Waals surface area (Å²) in [6.07, 6.45) is 1.000. The minimum absolute atomic E-state index is 1.000. The molecule has 26 heavy (non-hydrogen) atoms. The maximum Gasteiger partial charge on any atom is 0.0464 e. The zero-order valence-corrected chi connectivity index (χ0v) is 15.1. The van der Waals surface area contributed by atoms with Gasteiger partial charge in [0.15, 0.2) is 0 Å². The van der Waals surface area contributed by atoms with Crippen LogP contribution in [0.4, 0.5) is 11.4 Å². The van der Waals surface area contributed by atoms with Crippen LogP contribution in [-0.4, -0.2) is 0 Å². The molecule has 0 saturated heterocycles. The highest BCUT2D eigenvalue weighted by molar-refractivity contribution is 5.97. The van der Waals surface area contributed by atoms with E-state index in [1.165, 1.54) is 55.5 Å². The average Bonchev–Trinajstić information content (AvgIpc) is 3.04. The molecule has 0 unspecified atom stereocenters. The molecule has 0 atom stereocenters. The van der Waals surface area contributed by atoms with Crippen LogP contribution in [0, 0.1) is 13.8 Å². The summed E-state index contributed by atoms with van der Waals surface area (Å²) in [7, 11) is 0. The number of nitrogens with one attached hydrogen (secondary N) is 1. The SMILES string of the molecule is Cc1cc2c(c(Nc3cccc4ccccc34)c1C)Cc1ccccc1-2. The summed E-state index contributed by atoms with van der Waals surface area (Å²) in [5.74, 6) is 0. The van der Waals surface area contributed by atoms with Gasteiger partial charge in [-0.1, -0.05) is 66.7 Å². The number of rotatable bonds is 2. The van der Waals surface area contributed by atoms with E-state index in [2.05, 4.69) is 92.0 Å². The third-order valence-electron chi connectivity index (χ3n) is 5.68. The maximum atomic E-state index is 3.79. The fraction of sp³-hybridized carbons (Fsp3) is 0.120. The van der Waals surface area contributed by atoms with E-state index in [1.54, 1.807) is 0 Å². The molecule has 1 aliphatic carbocycles. The molecule has 0 amide bonds. The predicted octanol–water partition coefficient (Wildman–Crippen LogP) is 6.77. The maximum absolute atomic E-state index is 3.79. The molecule has 0 spiro atoms. The summed E-state index contributed by atoms with van der Waals surface area (Å²) < 4.78 is 0. The van der Waals surface area contributed by atoms with Crippen molar-refractivity contribution in [3.05, 3.63) is 95.1 Å². The Bertz CT molecular complexity index is 1150. The number of anilines is 2. The highest BCUT2D eigenvalue weighted by atomic mass is 14.9. The molecule has 0 bridgehead atoms. The van der Waals surface area contributed by atoms with Crippen molar-refractivity contribution >= 4 is 22.1 Å². The van der Waals surface area contributed by atoms with Gasteiger partial charge in [0.1, 0.15) is 0 Å². The highest BCUT2D eigenvalue weighted by Crippen LogP contribution is 2.44. The van der Waals surface area contributed by atoms with Gasteiger partial charge in [-0.15, -0.1) is 0 Å². The number of benzene rings is 4. The summed E-state index contributed by atoms with van der Waals surface area (Å²) in [5, 5.41) is 6.32. The molecule has 126 valence electrons. The Labute approximate surface area is 154 Å². The Kier molecular flexibility index (Phi) is 3.36. The van der Waals surface area contributed by atoms with Gasteiger partial charge in [0.2, 0.25) is 0 Å². The first-order chi connectivity index (χ1) is 12.7. The van der Waals surface area contributed by atoms with Crippen LogP contribution < -0.4 is 5.32 Å². The normalized spacial score (nSPS) is 12.1. The lowest BCUT2D eigenvalue weighted by Crippen LogP contribution is -2.01. The molecule has 4 aromatic carbocycles. The van der Waals surface area contributed by atoms with Gasteiger partial charge in [-0.05, 0) is 58.7 Å². The van der Waals surface area contributed by atoms with E-state index in [1.807, 2.05) is 0 Å². The second kappa shape index (κ2) is 5.74. The molecule has 1 heteroatoms. The topological polar surface area (TPSA) is 12.0 Å². The predicted molar refractivity (Wildman–Crippen MR) is 111 cm³/mol. The first-order valence-electron chi connectivity index (χ1n) is 9.18. The molecule has 1 nitrogen and oxygen atoms in total. The van der Waals surface area contributed by atoms with Gasteiger partial charge in [-0.3, -0.25) is 0 Å². The van der Waals surface area contributed by atoms with Crippen LogP contribution in [-0.2, 0) is 6.42 Å². The number of hydrogen-bond donors (Lipinski definition) is 1. The molecule has 0 radical (unpaired) electrons. The van der Waals surface area contributed by atoms with Crippen molar-refractivity contribution in [3.8, 4) is 11.1 Å². The Morgan fingerprint density at radius 1 is 0.769 bits per heavy atom. The minimum Gasteiger partial charge on any atom is -0.355 e. The monoisotopic (exact) mass is 335 g/mol. The summed E-state index contributed by atoms with van der Waals surface area (Å²) in [4.78, 5) is 0. The lowest BCUT2D eigenvalue weighted by molar-refractivity contribution is 1.23. The summed E-state index contributed by atoms with van der Waals surface area (Å²) >= 11 is 0. The summed E-state index contributed by atoms with van der Waals surface area (Å²) in [5.41, 5.74) is 10.7. The van der Waals surface area contributed by atoms with Crippen molar-refractivity contribution in [2.24, 2.45) is 0 Å². The second-order valence-corrected chi connectivity index (χ2v) is 7.21. The molecule has 0 saturated carbocycles. The van der Waals surface area contributed by atoms with E-state index in [0.717, 1.165) is 6.42 Å². The summed E-state index contributed by atoms with van der Waals surface area (Å²) in [6, 6.07) is 26.2. The zero-order chi connectivity index (χ0) is 17.7. The van der Waals surface area contributed by atoms with Gasteiger partial charge >= 0.3 is 0 Å². The van der Waals surface area contributed by atoms with Crippen molar-refractivity contribution < 1.29 is 0 Å². The molecular formula is C25H21N. The van der Waals surface area contributed by atoms with Crippen molar-refractivity contribution in [2.45, 2.75) is 20.3 Å². The lowest BCUT2D eigenvalue weighted by atomic mass is 9.96. The van der Waals surface area contributed by atoms with E-state index in [-0.39, 0.29) is 0 Å². The molecule has 5 rings (SSSR count). The molecular weight excluding hydrogens is 314 g/mol. The van der Waals surface area contributed by atoms with Crippen molar-refractivity contribution in [1.29, 1.82) is 0 Å². The number of hydrogen-bond acceptors (Lipinski definition) is 1. The molecule has 0 aliphatic heterocycles. The van der Waals surface area contributed by atoms with E-state index in [0.29, 0.717) is 0 Å². The van der Waals surface area contributed by atoms with Gasteiger partial charge in [0.25, 0.3) is 0 Å². The smallest absolute Gasteiger partial charge is 0.0464 e. The Balaban J connectivity index is 1.70. The largest absolute Gasteiger partial charge is 0.355 e. The molecule has 0 heterocycles. The third kappa shape index (κ3) is 2.24. The van der Waals surface area contributed by atoms with Crippen LogP contribution in [0.15, 0.2) is 72.8 Å². The number of fused-ring (bicyclic) bond motifs is 4. The van der Waals surface area contributed by atoms with Crippen molar-refractivity contribution in [3.63, 3.8) is 0 Å². The Morgan fingerprint density at radius 3 is 2.46 bits per heavy atom. The van der Waals surface area contributed by atoms with Crippen molar-refractivity contribution in [2.75, 3.05) is 5.32 Å². The Hall–Kier alpha value is -3.06.